The minimum absolute atomic E-state index is 0.0490. The predicted octanol–water partition coefficient (Wildman–Crippen LogP) is 2.51. The third-order valence-electron chi connectivity index (χ3n) is 2.93. The summed E-state index contributed by atoms with van der Waals surface area (Å²) in [7, 11) is 5.66. The van der Waals surface area contributed by atoms with E-state index < -0.39 is 0 Å². The minimum atomic E-state index is -0.0815. The van der Waals surface area contributed by atoms with Crippen LogP contribution in [0.5, 0.6) is 5.75 Å². The number of methoxy groups -OCH3 is 1. The summed E-state index contributed by atoms with van der Waals surface area (Å²) in [5.41, 5.74) is 8.48. The first-order valence-corrected chi connectivity index (χ1v) is 5.88. The molecule has 1 aromatic carbocycles. The topological polar surface area (TPSA) is 38.5 Å². The highest BCUT2D eigenvalue weighted by Crippen LogP contribution is 2.33. The monoisotopic (exact) mass is 236 g/mol. The Morgan fingerprint density at radius 1 is 1.24 bits per heavy atom. The van der Waals surface area contributed by atoms with Crippen molar-refractivity contribution in [1.82, 2.24) is 4.90 Å². The van der Waals surface area contributed by atoms with Crippen LogP contribution in [0.1, 0.15) is 38.1 Å². The van der Waals surface area contributed by atoms with Gasteiger partial charge in [0.25, 0.3) is 0 Å². The van der Waals surface area contributed by atoms with Gasteiger partial charge in [-0.3, -0.25) is 4.90 Å². The fourth-order valence-electron chi connectivity index (χ4n) is 1.79. The summed E-state index contributed by atoms with van der Waals surface area (Å²) in [5, 5.41) is 0. The maximum absolute atomic E-state index is 6.13. The molecule has 17 heavy (non-hydrogen) atoms. The third kappa shape index (κ3) is 3.20. The lowest BCUT2D eigenvalue weighted by Gasteiger charge is -2.26. The van der Waals surface area contributed by atoms with Crippen LogP contribution in [-0.2, 0) is 5.41 Å². The Morgan fingerprint density at radius 3 is 2.24 bits per heavy atom. The standard InChI is InChI=1S/C14H24N2O/c1-14(2,3)11-9-10(13(15)16(4)5)7-8-12(11)17-6/h7-9,13H,15H2,1-6H3. The highest BCUT2D eigenvalue weighted by Gasteiger charge is 2.20. The van der Waals surface area contributed by atoms with E-state index in [1.165, 1.54) is 5.56 Å². The van der Waals surface area contributed by atoms with E-state index in [0.29, 0.717) is 0 Å². The average Bonchev–Trinajstić information content (AvgIpc) is 2.25. The van der Waals surface area contributed by atoms with Crippen LogP contribution in [0.25, 0.3) is 0 Å². The zero-order valence-corrected chi connectivity index (χ0v) is 11.7. The van der Waals surface area contributed by atoms with Crippen LogP contribution >= 0.6 is 0 Å². The molecular weight excluding hydrogens is 212 g/mol. The molecular formula is C14H24N2O. The molecule has 1 aromatic rings. The van der Waals surface area contributed by atoms with Crippen molar-refractivity contribution < 1.29 is 4.74 Å². The first-order valence-electron chi connectivity index (χ1n) is 5.88. The van der Waals surface area contributed by atoms with Crippen molar-refractivity contribution in [2.75, 3.05) is 21.2 Å². The molecule has 0 bridgehead atoms. The Balaban J connectivity index is 3.23. The third-order valence-corrected chi connectivity index (χ3v) is 2.93. The van der Waals surface area contributed by atoms with Gasteiger partial charge in [0.2, 0.25) is 0 Å². The van der Waals surface area contributed by atoms with Crippen LogP contribution in [0.15, 0.2) is 18.2 Å². The van der Waals surface area contributed by atoms with E-state index in [1.54, 1.807) is 7.11 Å². The highest BCUT2D eigenvalue weighted by atomic mass is 16.5. The van der Waals surface area contributed by atoms with Crippen molar-refractivity contribution in [3.63, 3.8) is 0 Å². The molecule has 0 amide bonds. The number of nitrogens with two attached hydrogens (primary N) is 1. The molecule has 3 nitrogen and oxygen atoms in total. The van der Waals surface area contributed by atoms with Crippen LogP contribution < -0.4 is 10.5 Å². The van der Waals surface area contributed by atoms with Crippen LogP contribution in [0.4, 0.5) is 0 Å². The van der Waals surface area contributed by atoms with Gasteiger partial charge in [0.1, 0.15) is 5.75 Å². The molecule has 0 radical (unpaired) electrons. The molecule has 96 valence electrons. The largest absolute Gasteiger partial charge is 0.496 e. The first kappa shape index (κ1) is 14.0. The summed E-state index contributed by atoms with van der Waals surface area (Å²) in [6, 6.07) is 6.17. The Hall–Kier alpha value is -1.06. The molecule has 0 saturated heterocycles. The molecule has 0 aliphatic heterocycles. The van der Waals surface area contributed by atoms with E-state index in [2.05, 4.69) is 26.8 Å². The van der Waals surface area contributed by atoms with Gasteiger partial charge >= 0.3 is 0 Å². The Morgan fingerprint density at radius 2 is 1.82 bits per heavy atom. The number of benzene rings is 1. The van der Waals surface area contributed by atoms with E-state index in [-0.39, 0.29) is 11.6 Å². The number of hydrogen-bond donors (Lipinski definition) is 1. The normalized spacial score (nSPS) is 13.9. The average molecular weight is 236 g/mol. The Labute approximate surface area is 105 Å². The van der Waals surface area contributed by atoms with Gasteiger partial charge in [0.05, 0.1) is 13.3 Å². The summed E-state index contributed by atoms with van der Waals surface area (Å²) in [4.78, 5) is 1.99. The van der Waals surface area contributed by atoms with Gasteiger partial charge in [-0.1, -0.05) is 26.8 Å². The summed E-state index contributed by atoms with van der Waals surface area (Å²) in [5.74, 6) is 0.923. The van der Waals surface area contributed by atoms with Crippen molar-refractivity contribution in [1.29, 1.82) is 0 Å². The second-order valence-electron chi connectivity index (χ2n) is 5.62. The fourth-order valence-corrected chi connectivity index (χ4v) is 1.79. The van der Waals surface area contributed by atoms with E-state index in [9.17, 15) is 0 Å². The summed E-state index contributed by atoms with van der Waals surface area (Å²) < 4.78 is 5.41. The van der Waals surface area contributed by atoms with Crippen LogP contribution in [0, 0.1) is 0 Å². The van der Waals surface area contributed by atoms with E-state index >= 15 is 0 Å². The van der Waals surface area contributed by atoms with Crippen LogP contribution in [-0.4, -0.2) is 26.1 Å². The van der Waals surface area contributed by atoms with Gasteiger partial charge in [0, 0.05) is 0 Å². The molecule has 3 heteroatoms. The van der Waals surface area contributed by atoms with E-state index in [1.807, 2.05) is 31.1 Å². The molecule has 0 saturated carbocycles. The Bertz CT molecular complexity index is 380. The van der Waals surface area contributed by atoms with Crippen molar-refractivity contribution in [2.24, 2.45) is 5.73 Å². The van der Waals surface area contributed by atoms with Gasteiger partial charge in [-0.25, -0.2) is 0 Å². The second kappa shape index (κ2) is 5.07. The molecule has 0 fully saturated rings. The molecule has 1 unspecified atom stereocenters. The van der Waals surface area contributed by atoms with Gasteiger partial charge in [-0.15, -0.1) is 0 Å². The minimum Gasteiger partial charge on any atom is -0.496 e. The van der Waals surface area contributed by atoms with Crippen molar-refractivity contribution in [3.8, 4) is 5.75 Å². The maximum atomic E-state index is 6.13. The number of hydrogen-bond acceptors (Lipinski definition) is 3. The molecule has 1 rings (SSSR count). The maximum Gasteiger partial charge on any atom is 0.122 e. The summed E-state index contributed by atoms with van der Waals surface area (Å²) in [6.45, 7) is 6.53. The summed E-state index contributed by atoms with van der Waals surface area (Å²) in [6.07, 6.45) is -0.0815. The van der Waals surface area contributed by atoms with Gasteiger partial charge < -0.3 is 10.5 Å². The SMILES string of the molecule is COc1ccc(C(N)N(C)C)cc1C(C)(C)C. The van der Waals surface area contributed by atoms with Crippen LogP contribution in [0.3, 0.4) is 0 Å². The zero-order chi connectivity index (χ0) is 13.2. The van der Waals surface area contributed by atoms with Crippen molar-refractivity contribution >= 4 is 0 Å². The van der Waals surface area contributed by atoms with Gasteiger partial charge in [-0.2, -0.15) is 0 Å². The van der Waals surface area contributed by atoms with Gasteiger partial charge in [-0.05, 0) is 42.8 Å². The molecule has 2 N–H and O–H groups in total. The second-order valence-corrected chi connectivity index (χ2v) is 5.62. The zero-order valence-electron chi connectivity index (χ0n) is 11.7. The molecule has 1 atom stereocenters. The number of nitrogens with zero attached hydrogens (tertiary/aromatic N) is 1. The lowest BCUT2D eigenvalue weighted by atomic mass is 9.85. The van der Waals surface area contributed by atoms with E-state index in [4.69, 9.17) is 10.5 Å². The smallest absolute Gasteiger partial charge is 0.122 e. The van der Waals surface area contributed by atoms with Gasteiger partial charge in [0.15, 0.2) is 0 Å². The lowest BCUT2D eigenvalue weighted by molar-refractivity contribution is 0.306. The number of ether oxygens (including phenoxy) is 1. The predicted molar refractivity (Wildman–Crippen MR) is 72.3 cm³/mol. The highest BCUT2D eigenvalue weighted by molar-refractivity contribution is 5.42. The molecule has 0 spiro atoms. The van der Waals surface area contributed by atoms with Crippen LogP contribution in [0.2, 0.25) is 0 Å². The van der Waals surface area contributed by atoms with Crippen molar-refractivity contribution in [2.45, 2.75) is 32.4 Å². The molecule has 0 aliphatic carbocycles. The Kier molecular flexibility index (Phi) is 4.17. The van der Waals surface area contributed by atoms with E-state index in [0.717, 1.165) is 11.3 Å². The quantitative estimate of drug-likeness (QED) is 0.820. The summed E-state index contributed by atoms with van der Waals surface area (Å²) >= 11 is 0. The number of rotatable bonds is 3. The van der Waals surface area contributed by atoms with Crippen molar-refractivity contribution in [3.05, 3.63) is 29.3 Å². The first-order chi connectivity index (χ1) is 7.77. The molecule has 0 aliphatic rings. The lowest BCUT2D eigenvalue weighted by Crippen LogP contribution is -2.28. The fraction of sp³-hybridized carbons (Fsp3) is 0.571. The molecule has 0 heterocycles. The molecule has 0 aromatic heterocycles.